The lowest BCUT2D eigenvalue weighted by molar-refractivity contribution is -0.0672. The van der Waals surface area contributed by atoms with Crippen LogP contribution in [0.4, 0.5) is 4.39 Å². The van der Waals surface area contributed by atoms with Crippen molar-refractivity contribution in [2.75, 3.05) is 26.2 Å². The van der Waals surface area contributed by atoms with Gasteiger partial charge in [-0.25, -0.2) is 9.07 Å². The van der Waals surface area contributed by atoms with Crippen LogP contribution < -0.4 is 5.32 Å². The van der Waals surface area contributed by atoms with Crippen LogP contribution in [0.5, 0.6) is 0 Å². The van der Waals surface area contributed by atoms with E-state index in [1.165, 1.54) is 12.1 Å². The van der Waals surface area contributed by atoms with Gasteiger partial charge < -0.3 is 10.1 Å². The topological polar surface area (TPSA) is 59.4 Å². The molecule has 3 rings (SSSR count). The Balaban J connectivity index is 1.62. The zero-order valence-corrected chi connectivity index (χ0v) is 16.1. The summed E-state index contributed by atoms with van der Waals surface area (Å²) in [4.78, 5) is 14.9. The average molecular weight is 374 g/mol. The first-order chi connectivity index (χ1) is 13.0. The number of benzene rings is 1. The van der Waals surface area contributed by atoms with E-state index in [2.05, 4.69) is 29.2 Å². The second-order valence-electron chi connectivity index (χ2n) is 7.02. The van der Waals surface area contributed by atoms with Gasteiger partial charge in [0.25, 0.3) is 5.91 Å². The SMILES string of the molecule is CCc1c(C(=O)NCCN2CC(C)OC(C)C2)cnn1-c1ccc(F)cc1. The van der Waals surface area contributed by atoms with Crippen molar-refractivity contribution in [2.24, 2.45) is 0 Å². The fourth-order valence-electron chi connectivity index (χ4n) is 3.60. The van der Waals surface area contributed by atoms with Gasteiger partial charge in [-0.1, -0.05) is 6.92 Å². The number of morpholine rings is 1. The molecule has 27 heavy (non-hydrogen) atoms. The van der Waals surface area contributed by atoms with Gasteiger partial charge in [0.1, 0.15) is 5.82 Å². The van der Waals surface area contributed by atoms with Crippen LogP contribution in [0.3, 0.4) is 0 Å². The number of nitrogens with one attached hydrogen (secondary N) is 1. The third-order valence-electron chi connectivity index (χ3n) is 4.73. The molecule has 2 aromatic rings. The fourth-order valence-corrected chi connectivity index (χ4v) is 3.60. The van der Waals surface area contributed by atoms with Gasteiger partial charge in [0.05, 0.1) is 35.3 Å². The monoisotopic (exact) mass is 374 g/mol. The largest absolute Gasteiger partial charge is 0.373 e. The summed E-state index contributed by atoms with van der Waals surface area (Å²) < 4.78 is 20.6. The molecule has 1 aliphatic rings. The number of aromatic nitrogens is 2. The Kier molecular flexibility index (Phi) is 6.23. The van der Waals surface area contributed by atoms with Crippen molar-refractivity contribution < 1.29 is 13.9 Å². The maximum atomic E-state index is 13.2. The van der Waals surface area contributed by atoms with Crippen LogP contribution in [0.25, 0.3) is 5.69 Å². The van der Waals surface area contributed by atoms with E-state index in [0.717, 1.165) is 31.0 Å². The number of ether oxygens (including phenoxy) is 1. The van der Waals surface area contributed by atoms with Crippen LogP contribution in [0.2, 0.25) is 0 Å². The van der Waals surface area contributed by atoms with E-state index in [1.54, 1.807) is 23.0 Å². The van der Waals surface area contributed by atoms with Gasteiger partial charge in [-0.05, 0) is 44.5 Å². The number of carbonyl (C=O) groups is 1. The lowest BCUT2D eigenvalue weighted by Crippen LogP contribution is -2.47. The van der Waals surface area contributed by atoms with Gasteiger partial charge in [-0.3, -0.25) is 9.69 Å². The highest BCUT2D eigenvalue weighted by atomic mass is 19.1. The van der Waals surface area contributed by atoms with Crippen LogP contribution in [-0.4, -0.2) is 59.0 Å². The average Bonchev–Trinajstić information content (AvgIpc) is 3.05. The molecule has 7 heteroatoms. The molecule has 1 saturated heterocycles. The molecule has 6 nitrogen and oxygen atoms in total. The van der Waals surface area contributed by atoms with E-state index in [4.69, 9.17) is 4.74 Å². The molecule has 1 aromatic heterocycles. The quantitative estimate of drug-likeness (QED) is 0.844. The molecule has 2 heterocycles. The van der Waals surface area contributed by atoms with Crippen molar-refractivity contribution >= 4 is 5.91 Å². The Hall–Kier alpha value is -2.25. The first kappa shape index (κ1) is 19.5. The summed E-state index contributed by atoms with van der Waals surface area (Å²) in [6.45, 7) is 9.23. The maximum Gasteiger partial charge on any atom is 0.254 e. The molecule has 1 amide bonds. The molecule has 0 bridgehead atoms. The van der Waals surface area contributed by atoms with E-state index in [9.17, 15) is 9.18 Å². The van der Waals surface area contributed by atoms with Crippen molar-refractivity contribution in [1.29, 1.82) is 0 Å². The van der Waals surface area contributed by atoms with Gasteiger partial charge in [-0.15, -0.1) is 0 Å². The highest BCUT2D eigenvalue weighted by Gasteiger charge is 2.22. The molecule has 0 radical (unpaired) electrons. The molecule has 1 aliphatic heterocycles. The van der Waals surface area contributed by atoms with Crippen molar-refractivity contribution in [1.82, 2.24) is 20.0 Å². The molecule has 146 valence electrons. The van der Waals surface area contributed by atoms with Gasteiger partial charge in [0.2, 0.25) is 0 Å². The van der Waals surface area contributed by atoms with Gasteiger partial charge in [0.15, 0.2) is 0 Å². The normalized spacial score (nSPS) is 20.6. The standard InChI is InChI=1S/C20H27FN4O2/c1-4-19-18(11-23-25(19)17-7-5-16(21)6-8-17)20(26)22-9-10-24-12-14(2)27-15(3)13-24/h5-8,11,14-15H,4,9-10,12-13H2,1-3H3,(H,22,26). The zero-order valence-electron chi connectivity index (χ0n) is 16.1. The predicted octanol–water partition coefficient (Wildman–Crippen LogP) is 2.41. The summed E-state index contributed by atoms with van der Waals surface area (Å²) in [6, 6.07) is 6.09. The molecule has 2 unspecified atom stereocenters. The fraction of sp³-hybridized carbons (Fsp3) is 0.500. The summed E-state index contributed by atoms with van der Waals surface area (Å²) in [5, 5.41) is 7.32. The number of rotatable bonds is 6. The van der Waals surface area contributed by atoms with Crippen LogP contribution in [0, 0.1) is 5.82 Å². The highest BCUT2D eigenvalue weighted by molar-refractivity contribution is 5.95. The molecule has 0 aliphatic carbocycles. The Morgan fingerprint density at radius 1 is 1.26 bits per heavy atom. The van der Waals surface area contributed by atoms with Crippen molar-refractivity contribution in [3.05, 3.63) is 47.5 Å². The minimum absolute atomic E-state index is 0.130. The number of halogens is 1. The molecule has 0 spiro atoms. The Morgan fingerprint density at radius 3 is 2.56 bits per heavy atom. The van der Waals surface area contributed by atoms with Crippen LogP contribution in [0.1, 0.15) is 36.8 Å². The van der Waals surface area contributed by atoms with Crippen LogP contribution >= 0.6 is 0 Å². The van der Waals surface area contributed by atoms with E-state index in [-0.39, 0.29) is 23.9 Å². The summed E-state index contributed by atoms with van der Waals surface area (Å²) in [5.41, 5.74) is 2.11. The molecule has 2 atom stereocenters. The van der Waals surface area contributed by atoms with Crippen molar-refractivity contribution in [3.63, 3.8) is 0 Å². The van der Waals surface area contributed by atoms with E-state index >= 15 is 0 Å². The minimum atomic E-state index is -0.298. The van der Waals surface area contributed by atoms with Gasteiger partial charge >= 0.3 is 0 Å². The van der Waals surface area contributed by atoms with Crippen LogP contribution in [-0.2, 0) is 11.2 Å². The predicted molar refractivity (Wildman–Crippen MR) is 102 cm³/mol. The zero-order chi connectivity index (χ0) is 19.4. The maximum absolute atomic E-state index is 13.2. The minimum Gasteiger partial charge on any atom is -0.373 e. The number of amides is 1. The lowest BCUT2D eigenvalue weighted by Gasteiger charge is -2.35. The summed E-state index contributed by atoms with van der Waals surface area (Å²) >= 11 is 0. The van der Waals surface area contributed by atoms with Crippen molar-refractivity contribution in [3.8, 4) is 5.69 Å². The number of hydrogen-bond donors (Lipinski definition) is 1. The van der Waals surface area contributed by atoms with Gasteiger partial charge in [-0.2, -0.15) is 5.10 Å². The van der Waals surface area contributed by atoms with E-state index < -0.39 is 0 Å². The second-order valence-corrected chi connectivity index (χ2v) is 7.02. The summed E-state index contributed by atoms with van der Waals surface area (Å²) in [6.07, 6.45) is 2.66. The van der Waals surface area contributed by atoms with Crippen molar-refractivity contribution in [2.45, 2.75) is 39.4 Å². The number of carbonyl (C=O) groups excluding carboxylic acids is 1. The Morgan fingerprint density at radius 2 is 1.93 bits per heavy atom. The Bertz CT molecular complexity index is 765. The Labute approximate surface area is 159 Å². The molecule has 1 fully saturated rings. The van der Waals surface area contributed by atoms with Gasteiger partial charge in [0, 0.05) is 26.2 Å². The first-order valence-corrected chi connectivity index (χ1v) is 9.46. The third kappa shape index (κ3) is 4.73. The summed E-state index contributed by atoms with van der Waals surface area (Å²) in [7, 11) is 0. The lowest BCUT2D eigenvalue weighted by atomic mass is 10.2. The van der Waals surface area contributed by atoms with E-state index in [0.29, 0.717) is 18.5 Å². The first-order valence-electron chi connectivity index (χ1n) is 9.46. The van der Waals surface area contributed by atoms with Crippen LogP contribution in [0.15, 0.2) is 30.5 Å². The van der Waals surface area contributed by atoms with E-state index in [1.807, 2.05) is 6.92 Å². The summed E-state index contributed by atoms with van der Waals surface area (Å²) in [5.74, 6) is -0.428. The number of nitrogens with zero attached hydrogens (tertiary/aromatic N) is 3. The molecular formula is C20H27FN4O2. The molecule has 0 saturated carbocycles. The second kappa shape index (κ2) is 8.63. The molecule has 1 N–H and O–H groups in total. The molecular weight excluding hydrogens is 347 g/mol. The molecule has 1 aromatic carbocycles. The smallest absolute Gasteiger partial charge is 0.254 e. The number of hydrogen-bond acceptors (Lipinski definition) is 4. The highest BCUT2D eigenvalue weighted by Crippen LogP contribution is 2.16. The third-order valence-corrected chi connectivity index (χ3v) is 4.73.